The molecule has 0 amide bonds. The van der Waals surface area contributed by atoms with E-state index in [0.717, 1.165) is 19.4 Å². The van der Waals surface area contributed by atoms with Gasteiger partial charge in [-0.1, -0.05) is 46.0 Å². The van der Waals surface area contributed by atoms with Crippen molar-refractivity contribution in [3.8, 4) is 0 Å². The number of nitrogens with zero attached hydrogens (tertiary/aromatic N) is 1. The Morgan fingerprint density at radius 1 is 1.06 bits per heavy atom. The number of aliphatic carboxylic acids is 1. The summed E-state index contributed by atoms with van der Waals surface area (Å²) in [6, 6.07) is 0.365. The van der Waals surface area contributed by atoms with Gasteiger partial charge in [-0.2, -0.15) is 0 Å². The minimum Gasteiger partial charge on any atom is -0.480 e. The molecule has 1 N–H and O–H groups in total. The molecule has 0 aromatic carbocycles. The lowest BCUT2D eigenvalue weighted by molar-refractivity contribution is -0.143. The first-order valence-electron chi connectivity index (χ1n) is 7.69. The van der Waals surface area contributed by atoms with Crippen molar-refractivity contribution in [1.29, 1.82) is 0 Å². The molecule has 1 atom stereocenters. The Labute approximate surface area is 112 Å². The van der Waals surface area contributed by atoms with Gasteiger partial charge in [0.1, 0.15) is 6.04 Å². The third-order valence-electron chi connectivity index (χ3n) is 3.87. The van der Waals surface area contributed by atoms with Gasteiger partial charge in [-0.15, -0.1) is 0 Å². The molecule has 1 aliphatic heterocycles. The molecule has 18 heavy (non-hydrogen) atoms. The number of hydrogen-bond donors (Lipinski definition) is 1. The van der Waals surface area contributed by atoms with Gasteiger partial charge in [-0.3, -0.25) is 9.69 Å². The summed E-state index contributed by atoms with van der Waals surface area (Å²) in [6.07, 6.45) is 10.8. The molecular formula is C15H29NO2. The van der Waals surface area contributed by atoms with E-state index in [4.69, 9.17) is 5.11 Å². The van der Waals surface area contributed by atoms with Gasteiger partial charge < -0.3 is 5.11 Å². The van der Waals surface area contributed by atoms with Crippen molar-refractivity contribution in [2.45, 2.75) is 83.7 Å². The average Bonchev–Trinajstić information content (AvgIpc) is 2.67. The molecule has 106 valence electrons. The first-order valence-corrected chi connectivity index (χ1v) is 7.69. The number of likely N-dealkylation sites (tertiary alicyclic amines) is 1. The third-order valence-corrected chi connectivity index (χ3v) is 3.87. The maximum atomic E-state index is 11.1. The predicted octanol–water partition coefficient (Wildman–Crippen LogP) is 3.67. The smallest absolute Gasteiger partial charge is 0.320 e. The third kappa shape index (κ3) is 4.60. The maximum absolute atomic E-state index is 11.1. The molecule has 0 spiro atoms. The summed E-state index contributed by atoms with van der Waals surface area (Å²) in [5, 5.41) is 9.14. The highest BCUT2D eigenvalue weighted by atomic mass is 16.4. The van der Waals surface area contributed by atoms with Gasteiger partial charge in [0, 0.05) is 6.04 Å². The van der Waals surface area contributed by atoms with Crippen LogP contribution in [0.25, 0.3) is 0 Å². The first kappa shape index (κ1) is 15.5. The van der Waals surface area contributed by atoms with Crippen LogP contribution in [0.15, 0.2) is 0 Å². The highest BCUT2D eigenvalue weighted by Gasteiger charge is 2.35. The fraction of sp³-hybridized carbons (Fsp3) is 0.933. The van der Waals surface area contributed by atoms with Crippen molar-refractivity contribution in [3.63, 3.8) is 0 Å². The van der Waals surface area contributed by atoms with E-state index in [9.17, 15) is 4.79 Å². The molecular weight excluding hydrogens is 226 g/mol. The van der Waals surface area contributed by atoms with Crippen molar-refractivity contribution in [2.24, 2.45) is 0 Å². The largest absolute Gasteiger partial charge is 0.480 e. The van der Waals surface area contributed by atoms with Crippen LogP contribution in [0.1, 0.15) is 71.6 Å². The first-order chi connectivity index (χ1) is 8.70. The molecule has 2 aliphatic rings. The van der Waals surface area contributed by atoms with Gasteiger partial charge >= 0.3 is 5.97 Å². The maximum Gasteiger partial charge on any atom is 0.320 e. The van der Waals surface area contributed by atoms with E-state index in [1.54, 1.807) is 0 Å². The minimum atomic E-state index is -0.614. The van der Waals surface area contributed by atoms with Crippen LogP contribution in [0.5, 0.6) is 0 Å². The van der Waals surface area contributed by atoms with Crippen molar-refractivity contribution >= 4 is 5.97 Å². The molecule has 1 saturated carbocycles. The SMILES string of the molecule is CCC.O=C(O)[C@@H]1CCCN1C1CCCCCC1. The molecule has 0 radical (unpaired) electrons. The molecule has 0 unspecified atom stereocenters. The molecule has 3 heteroatoms. The molecule has 1 aliphatic carbocycles. The number of carboxylic acids is 1. The van der Waals surface area contributed by atoms with Gasteiger partial charge in [-0.05, 0) is 32.2 Å². The zero-order chi connectivity index (χ0) is 13.4. The van der Waals surface area contributed by atoms with E-state index in [1.165, 1.54) is 44.9 Å². The van der Waals surface area contributed by atoms with Crippen LogP contribution in [0.4, 0.5) is 0 Å². The quantitative estimate of drug-likeness (QED) is 0.765. The molecule has 2 rings (SSSR count). The van der Waals surface area contributed by atoms with Crippen LogP contribution in [-0.2, 0) is 4.79 Å². The van der Waals surface area contributed by atoms with Crippen LogP contribution in [0.2, 0.25) is 0 Å². The highest BCUT2D eigenvalue weighted by molar-refractivity contribution is 5.73. The number of carboxylic acid groups (broad SMARTS) is 1. The lowest BCUT2D eigenvalue weighted by Crippen LogP contribution is -2.43. The lowest BCUT2D eigenvalue weighted by Gasteiger charge is -2.30. The lowest BCUT2D eigenvalue weighted by atomic mass is 10.1. The number of carbonyl (C=O) groups is 1. The minimum absolute atomic E-state index is 0.187. The molecule has 0 bridgehead atoms. The Balaban J connectivity index is 0.000000492. The molecule has 1 heterocycles. The van der Waals surface area contributed by atoms with Crippen LogP contribution in [-0.4, -0.2) is 34.6 Å². The normalized spacial score (nSPS) is 26.2. The molecule has 0 aromatic heterocycles. The van der Waals surface area contributed by atoms with E-state index in [1.807, 2.05) is 0 Å². The summed E-state index contributed by atoms with van der Waals surface area (Å²) in [7, 11) is 0. The summed E-state index contributed by atoms with van der Waals surface area (Å²) in [4.78, 5) is 13.4. The van der Waals surface area contributed by atoms with Crippen molar-refractivity contribution in [2.75, 3.05) is 6.54 Å². The predicted molar refractivity (Wildman–Crippen MR) is 74.8 cm³/mol. The summed E-state index contributed by atoms with van der Waals surface area (Å²) in [5.74, 6) is -0.614. The van der Waals surface area contributed by atoms with Crippen LogP contribution in [0.3, 0.4) is 0 Å². The van der Waals surface area contributed by atoms with Crippen molar-refractivity contribution in [3.05, 3.63) is 0 Å². The van der Waals surface area contributed by atoms with E-state index >= 15 is 0 Å². The monoisotopic (exact) mass is 255 g/mol. The average molecular weight is 255 g/mol. The Bertz CT molecular complexity index is 235. The second-order valence-corrected chi connectivity index (χ2v) is 5.59. The van der Waals surface area contributed by atoms with E-state index in [0.29, 0.717) is 6.04 Å². The fourth-order valence-corrected chi connectivity index (χ4v) is 3.08. The summed E-state index contributed by atoms with van der Waals surface area (Å²) >= 11 is 0. The second kappa shape index (κ2) is 8.52. The summed E-state index contributed by atoms with van der Waals surface area (Å²) < 4.78 is 0. The van der Waals surface area contributed by atoms with Crippen LogP contribution < -0.4 is 0 Å². The van der Waals surface area contributed by atoms with Gasteiger partial charge in [0.25, 0.3) is 0 Å². The van der Waals surface area contributed by atoms with Crippen molar-refractivity contribution < 1.29 is 9.90 Å². The number of rotatable bonds is 2. The van der Waals surface area contributed by atoms with Crippen molar-refractivity contribution in [1.82, 2.24) is 4.90 Å². The standard InChI is InChI=1S/C12H21NO2.C3H8/c14-12(15)11-8-5-9-13(11)10-6-3-1-2-4-7-10;1-3-2/h10-11H,1-9H2,(H,14,15);3H2,1-2H3/t11-;/m0./s1. The Morgan fingerprint density at radius 3 is 2.11 bits per heavy atom. The summed E-state index contributed by atoms with van der Waals surface area (Å²) in [6.45, 7) is 5.25. The second-order valence-electron chi connectivity index (χ2n) is 5.59. The molecule has 1 saturated heterocycles. The van der Waals surface area contributed by atoms with Gasteiger partial charge in [-0.25, -0.2) is 0 Å². The van der Waals surface area contributed by atoms with E-state index in [2.05, 4.69) is 18.7 Å². The van der Waals surface area contributed by atoms with Gasteiger partial charge in [0.2, 0.25) is 0 Å². The topological polar surface area (TPSA) is 40.5 Å². The Morgan fingerprint density at radius 2 is 1.61 bits per heavy atom. The van der Waals surface area contributed by atoms with Gasteiger partial charge in [0.15, 0.2) is 0 Å². The number of hydrogen-bond acceptors (Lipinski definition) is 2. The Kier molecular flexibility index (Phi) is 7.33. The fourth-order valence-electron chi connectivity index (χ4n) is 3.08. The van der Waals surface area contributed by atoms with Crippen LogP contribution in [0, 0.1) is 0 Å². The molecule has 3 nitrogen and oxygen atoms in total. The highest BCUT2D eigenvalue weighted by Crippen LogP contribution is 2.28. The van der Waals surface area contributed by atoms with E-state index < -0.39 is 5.97 Å². The molecule has 0 aromatic rings. The van der Waals surface area contributed by atoms with Crippen LogP contribution >= 0.6 is 0 Å². The molecule has 2 fully saturated rings. The van der Waals surface area contributed by atoms with Gasteiger partial charge in [0.05, 0.1) is 0 Å². The van der Waals surface area contributed by atoms with E-state index in [-0.39, 0.29) is 6.04 Å². The summed E-state index contributed by atoms with van der Waals surface area (Å²) in [5.41, 5.74) is 0. The zero-order valence-corrected chi connectivity index (χ0v) is 12.0. The zero-order valence-electron chi connectivity index (χ0n) is 12.0. The Hall–Kier alpha value is -0.570.